The molecule has 0 bridgehead atoms. The van der Waals surface area contributed by atoms with Crippen LogP contribution >= 0.6 is 0 Å². The zero-order chi connectivity index (χ0) is 12.3. The van der Waals surface area contributed by atoms with Gasteiger partial charge in [-0.3, -0.25) is 9.69 Å². The van der Waals surface area contributed by atoms with E-state index in [0.717, 1.165) is 0 Å². The molecule has 16 heavy (non-hydrogen) atoms. The average Bonchev–Trinajstić information content (AvgIpc) is 2.48. The molecule has 1 rings (SSSR count). The molecule has 1 heterocycles. The lowest BCUT2D eigenvalue weighted by Gasteiger charge is -2.24. The molecule has 1 fully saturated rings. The van der Waals surface area contributed by atoms with Gasteiger partial charge in [0.2, 0.25) is 5.91 Å². The van der Waals surface area contributed by atoms with Gasteiger partial charge in [-0.25, -0.2) is 0 Å². The number of nitrogens with one attached hydrogen (secondary N) is 1. The Kier molecular flexibility index (Phi) is 4.67. The van der Waals surface area contributed by atoms with E-state index in [1.165, 1.54) is 0 Å². The number of hydrogen-bond donors (Lipinski definition) is 4. The minimum atomic E-state index is -0.974. The Morgan fingerprint density at radius 2 is 1.88 bits per heavy atom. The maximum Gasteiger partial charge on any atom is 0.219 e. The van der Waals surface area contributed by atoms with Crippen molar-refractivity contribution in [3.63, 3.8) is 0 Å². The summed E-state index contributed by atoms with van der Waals surface area (Å²) >= 11 is 0. The number of aliphatic hydroxyl groups is 3. The summed E-state index contributed by atoms with van der Waals surface area (Å²) in [5.41, 5.74) is 0. The third-order valence-electron chi connectivity index (χ3n) is 3.20. The zero-order valence-corrected chi connectivity index (χ0v) is 9.63. The van der Waals surface area contributed by atoms with E-state index in [1.54, 1.807) is 18.9 Å². The van der Waals surface area contributed by atoms with Gasteiger partial charge >= 0.3 is 0 Å². The van der Waals surface area contributed by atoms with Crippen LogP contribution in [0.15, 0.2) is 0 Å². The van der Waals surface area contributed by atoms with Gasteiger partial charge in [0, 0.05) is 13.0 Å². The minimum absolute atomic E-state index is 0.0949. The summed E-state index contributed by atoms with van der Waals surface area (Å²) in [6.45, 7) is 1.81. The van der Waals surface area contributed by atoms with E-state index < -0.39 is 18.2 Å². The van der Waals surface area contributed by atoms with Crippen LogP contribution in [-0.2, 0) is 4.79 Å². The molecule has 94 valence electrons. The summed E-state index contributed by atoms with van der Waals surface area (Å²) in [7, 11) is 1.71. The summed E-state index contributed by atoms with van der Waals surface area (Å²) in [5, 5.41) is 31.2. The number of amides is 1. The van der Waals surface area contributed by atoms with Crippen LogP contribution in [0.4, 0.5) is 0 Å². The molecule has 1 unspecified atom stereocenters. The molecule has 4 atom stereocenters. The van der Waals surface area contributed by atoms with Crippen LogP contribution in [0.5, 0.6) is 0 Å². The van der Waals surface area contributed by atoms with E-state index in [0.29, 0.717) is 6.42 Å². The molecular formula is C10H20N2O4. The fourth-order valence-electron chi connectivity index (χ4n) is 2.03. The van der Waals surface area contributed by atoms with Gasteiger partial charge in [-0.2, -0.15) is 0 Å². The molecule has 6 heteroatoms. The molecular weight excluding hydrogens is 212 g/mol. The first-order valence-electron chi connectivity index (χ1n) is 5.48. The highest BCUT2D eigenvalue weighted by molar-refractivity contribution is 5.75. The zero-order valence-electron chi connectivity index (χ0n) is 9.63. The highest BCUT2D eigenvalue weighted by atomic mass is 16.3. The smallest absolute Gasteiger partial charge is 0.219 e. The minimum Gasteiger partial charge on any atom is -0.395 e. The number of likely N-dealkylation sites (N-methyl/N-ethyl adjacent to an activating group) is 1. The molecule has 0 aromatic carbocycles. The van der Waals surface area contributed by atoms with Crippen molar-refractivity contribution in [1.29, 1.82) is 0 Å². The van der Waals surface area contributed by atoms with Crippen molar-refractivity contribution in [2.45, 2.75) is 37.6 Å². The summed E-state index contributed by atoms with van der Waals surface area (Å²) in [5.74, 6) is -0.0949. The first kappa shape index (κ1) is 13.4. The molecule has 4 N–H and O–H groups in total. The van der Waals surface area contributed by atoms with Crippen LogP contribution in [0.25, 0.3) is 0 Å². The largest absolute Gasteiger partial charge is 0.395 e. The Hall–Kier alpha value is -0.690. The van der Waals surface area contributed by atoms with Crippen LogP contribution in [0, 0.1) is 0 Å². The fourth-order valence-corrected chi connectivity index (χ4v) is 2.03. The molecule has 1 aliphatic rings. The third kappa shape index (κ3) is 2.52. The first-order chi connectivity index (χ1) is 7.52. The van der Waals surface area contributed by atoms with Crippen LogP contribution in [-0.4, -0.2) is 70.6 Å². The number of likely N-dealkylation sites (tertiary alicyclic amines) is 1. The van der Waals surface area contributed by atoms with Crippen LogP contribution in [0.3, 0.4) is 0 Å². The van der Waals surface area contributed by atoms with Crippen molar-refractivity contribution in [2.24, 2.45) is 0 Å². The van der Waals surface area contributed by atoms with Crippen molar-refractivity contribution < 1.29 is 20.1 Å². The molecule has 1 amide bonds. The number of aliphatic hydroxyl groups excluding tert-OH is 3. The van der Waals surface area contributed by atoms with Crippen molar-refractivity contribution in [1.82, 2.24) is 10.2 Å². The summed E-state index contributed by atoms with van der Waals surface area (Å²) < 4.78 is 0. The maximum atomic E-state index is 11.1. The number of carbonyl (C=O) groups excluding carboxylic acids is 1. The average molecular weight is 232 g/mol. The SMILES string of the molecule is CCC(=O)NCC1[C@@H](O)[C@H](O)[C@@H](CO)N1C. The van der Waals surface area contributed by atoms with Gasteiger partial charge in [-0.05, 0) is 7.05 Å². The summed E-state index contributed by atoms with van der Waals surface area (Å²) in [6, 6.07) is -0.832. The number of carbonyl (C=O) groups is 1. The van der Waals surface area contributed by atoms with E-state index in [2.05, 4.69) is 5.32 Å². The van der Waals surface area contributed by atoms with Gasteiger partial charge in [0.1, 0.15) is 0 Å². The standard InChI is InChI=1S/C10H20N2O4/c1-3-8(14)11-4-6-9(15)10(16)7(5-13)12(6)2/h6-7,9-10,13,15-16H,3-5H2,1-2H3,(H,11,14)/t6?,7-,9-,10-/m1/s1. The van der Waals surface area contributed by atoms with Crippen molar-refractivity contribution >= 4 is 5.91 Å². The first-order valence-corrected chi connectivity index (χ1v) is 5.48. The van der Waals surface area contributed by atoms with Crippen molar-refractivity contribution in [2.75, 3.05) is 20.2 Å². The van der Waals surface area contributed by atoms with E-state index in [1.807, 2.05) is 0 Å². The van der Waals surface area contributed by atoms with Crippen molar-refractivity contribution in [3.8, 4) is 0 Å². The van der Waals surface area contributed by atoms with Crippen LogP contribution in [0.1, 0.15) is 13.3 Å². The van der Waals surface area contributed by atoms with Gasteiger partial charge in [0.05, 0.1) is 30.9 Å². The van der Waals surface area contributed by atoms with Crippen LogP contribution in [0.2, 0.25) is 0 Å². The quantitative estimate of drug-likeness (QED) is 0.446. The lowest BCUT2D eigenvalue weighted by atomic mass is 10.1. The Morgan fingerprint density at radius 1 is 1.31 bits per heavy atom. The van der Waals surface area contributed by atoms with Crippen molar-refractivity contribution in [3.05, 3.63) is 0 Å². The topological polar surface area (TPSA) is 93.0 Å². The molecule has 0 radical (unpaired) electrons. The molecule has 0 spiro atoms. The number of rotatable bonds is 4. The second kappa shape index (κ2) is 5.58. The van der Waals surface area contributed by atoms with Gasteiger partial charge in [-0.15, -0.1) is 0 Å². The Morgan fingerprint density at radius 3 is 2.31 bits per heavy atom. The van der Waals surface area contributed by atoms with Gasteiger partial charge in [-0.1, -0.05) is 6.92 Å². The van der Waals surface area contributed by atoms with E-state index in [-0.39, 0.29) is 25.1 Å². The van der Waals surface area contributed by atoms with Gasteiger partial charge in [0.15, 0.2) is 0 Å². The molecule has 0 aromatic rings. The third-order valence-corrected chi connectivity index (χ3v) is 3.20. The number of hydrogen-bond acceptors (Lipinski definition) is 5. The maximum absolute atomic E-state index is 11.1. The monoisotopic (exact) mass is 232 g/mol. The van der Waals surface area contributed by atoms with Gasteiger partial charge in [0.25, 0.3) is 0 Å². The van der Waals surface area contributed by atoms with E-state index in [4.69, 9.17) is 5.11 Å². The van der Waals surface area contributed by atoms with E-state index >= 15 is 0 Å². The van der Waals surface area contributed by atoms with Gasteiger partial charge < -0.3 is 20.6 Å². The Balaban J connectivity index is 2.56. The molecule has 1 saturated heterocycles. The Labute approximate surface area is 94.9 Å². The normalized spacial score (nSPS) is 35.3. The summed E-state index contributed by atoms with van der Waals surface area (Å²) in [6.07, 6.45) is -1.53. The second-order valence-corrected chi connectivity index (χ2v) is 4.12. The summed E-state index contributed by atoms with van der Waals surface area (Å²) in [4.78, 5) is 12.8. The molecule has 6 nitrogen and oxygen atoms in total. The number of nitrogens with zero attached hydrogens (tertiary/aromatic N) is 1. The second-order valence-electron chi connectivity index (χ2n) is 4.12. The molecule has 0 saturated carbocycles. The highest BCUT2D eigenvalue weighted by Crippen LogP contribution is 2.22. The molecule has 0 aromatic heterocycles. The van der Waals surface area contributed by atoms with E-state index in [9.17, 15) is 15.0 Å². The molecule has 0 aliphatic carbocycles. The lowest BCUT2D eigenvalue weighted by Crippen LogP contribution is -2.45. The lowest BCUT2D eigenvalue weighted by molar-refractivity contribution is -0.121. The van der Waals surface area contributed by atoms with Crippen LogP contribution < -0.4 is 5.32 Å². The fraction of sp³-hybridized carbons (Fsp3) is 0.900. The Bertz CT molecular complexity index is 249. The predicted molar refractivity (Wildman–Crippen MR) is 57.7 cm³/mol. The molecule has 1 aliphatic heterocycles. The highest BCUT2D eigenvalue weighted by Gasteiger charge is 2.45. The predicted octanol–water partition coefficient (Wildman–Crippen LogP) is -2.09.